The first kappa shape index (κ1) is 49.4. The lowest BCUT2D eigenvalue weighted by Gasteiger charge is -2.41. The number of ether oxygens (including phenoxy) is 2. The number of aryl methyl sites for hydroxylation is 4. The van der Waals surface area contributed by atoms with Gasteiger partial charge in [0.1, 0.15) is 23.0 Å². The summed E-state index contributed by atoms with van der Waals surface area (Å²) in [6.45, 7) is 17.6. The van der Waals surface area contributed by atoms with Gasteiger partial charge in [-0.2, -0.15) is 0 Å². The van der Waals surface area contributed by atoms with Crippen molar-refractivity contribution in [2.45, 2.75) is 80.1 Å². The van der Waals surface area contributed by atoms with Crippen molar-refractivity contribution in [2.75, 3.05) is 0 Å². The molecule has 0 bridgehead atoms. The van der Waals surface area contributed by atoms with Gasteiger partial charge in [0, 0.05) is 43.5 Å². The molecule has 13 aromatic rings. The third-order valence-electron chi connectivity index (χ3n) is 19.9. The van der Waals surface area contributed by atoms with Crippen LogP contribution in [0.4, 0.5) is 0 Å². The van der Waals surface area contributed by atoms with Crippen molar-refractivity contribution in [3.05, 3.63) is 228 Å². The average molecular weight is 1080 g/mol. The Labute approximate surface area is 492 Å². The molecule has 0 saturated carbocycles. The van der Waals surface area contributed by atoms with Crippen LogP contribution in [0.3, 0.4) is 0 Å². The molecule has 2 aromatic heterocycles. The van der Waals surface area contributed by atoms with Gasteiger partial charge in [0.2, 0.25) is 0 Å². The van der Waals surface area contributed by atoms with E-state index >= 15 is 0 Å². The quantitative estimate of drug-likeness (QED) is 0.142. The Kier molecular flexibility index (Phi) is 10.7. The Bertz CT molecular complexity index is 4670. The summed E-state index contributed by atoms with van der Waals surface area (Å²) in [5.74, 6) is 4.34. The van der Waals surface area contributed by atoms with Gasteiger partial charge in [0.15, 0.2) is 0 Å². The Balaban J connectivity index is 1.06. The van der Waals surface area contributed by atoms with Crippen molar-refractivity contribution < 1.29 is 9.47 Å². The molecule has 11 aromatic carbocycles. The summed E-state index contributed by atoms with van der Waals surface area (Å²) in [6.07, 6.45) is 2.07. The fourth-order valence-electron chi connectivity index (χ4n) is 14.9. The summed E-state index contributed by atoms with van der Waals surface area (Å²) in [5.41, 5.74) is 31.4. The molecule has 6 heteroatoms. The van der Waals surface area contributed by atoms with Crippen LogP contribution in [0.2, 0.25) is 0 Å². The molecule has 4 aliphatic rings. The average Bonchev–Trinajstić information content (AvgIpc) is 1.72. The Hall–Kier alpha value is -9.25. The van der Waals surface area contributed by atoms with Gasteiger partial charge in [-0.25, -0.2) is 0 Å². The van der Waals surface area contributed by atoms with E-state index in [1.807, 2.05) is 0 Å². The predicted molar refractivity (Wildman–Crippen MR) is 356 cm³/mol. The number of benzene rings is 11. The van der Waals surface area contributed by atoms with Crippen LogP contribution < -0.4 is 42.3 Å². The minimum atomic E-state index is -0.197. The smallest absolute Gasteiger partial charge is 0.256 e. The van der Waals surface area contributed by atoms with E-state index in [9.17, 15) is 0 Å². The van der Waals surface area contributed by atoms with E-state index in [0.717, 1.165) is 69.2 Å². The third kappa shape index (κ3) is 7.03. The molecule has 0 fully saturated rings. The van der Waals surface area contributed by atoms with Crippen molar-refractivity contribution in [1.29, 1.82) is 0 Å². The van der Waals surface area contributed by atoms with Crippen LogP contribution in [0.1, 0.15) is 85.8 Å². The lowest BCUT2D eigenvalue weighted by Crippen LogP contribution is -2.63. The van der Waals surface area contributed by atoms with Crippen LogP contribution in [0, 0.1) is 27.7 Å². The van der Waals surface area contributed by atoms with Crippen LogP contribution in [-0.2, 0) is 0 Å². The van der Waals surface area contributed by atoms with E-state index in [2.05, 4.69) is 259 Å². The Morgan fingerprint density at radius 1 is 0.345 bits per heavy atom. The number of hydrogen-bond acceptors (Lipinski definition) is 2. The molecule has 2 atom stereocenters. The summed E-state index contributed by atoms with van der Waals surface area (Å²) in [5, 5.41) is 4.90. The highest BCUT2D eigenvalue weighted by molar-refractivity contribution is 7.02. The van der Waals surface area contributed by atoms with Gasteiger partial charge in [-0.05, 0) is 178 Å². The molecule has 0 spiro atoms. The first-order valence-corrected chi connectivity index (χ1v) is 30.4. The van der Waals surface area contributed by atoms with E-state index in [0.29, 0.717) is 11.8 Å². The van der Waals surface area contributed by atoms with Crippen LogP contribution in [0.25, 0.3) is 99.5 Å². The molecule has 4 aliphatic heterocycles. The maximum Gasteiger partial charge on any atom is 0.256 e. The summed E-state index contributed by atoms with van der Waals surface area (Å²) >= 11 is 0. The van der Waals surface area contributed by atoms with Crippen LogP contribution in [-0.4, -0.2) is 22.6 Å². The molecule has 6 heterocycles. The Morgan fingerprint density at radius 3 is 1.04 bits per heavy atom. The number of fused-ring (bicyclic) bond motifs is 16. The molecular weight excluding hydrogens is 1020 g/mol. The standard InChI is InChI=1S/C78H62B2N2O2/c1-9-47(7)53-29-33-69-63(39-53)79-65-41-57(51-23-15-45(5)16-24-51)37-61-59-35-55(49-19-11-43(3)12-20-49)27-31-67(59)81(73(61)65)75-71(79)77(83-69)76-72-78(75)84-70-34-30-54(48(8)10-2)40-64(70)80(72)66-42-58(52-25-17-46(6)18-26-52)38-62-60-36-56(50-21-13-44(4)14-22-50)28-32-68(60)82(76)74(62)66/h11-42,47-48H,9-10H2,1-8H3. The third-order valence-corrected chi connectivity index (χ3v) is 19.9. The van der Waals surface area contributed by atoms with E-state index in [4.69, 9.17) is 9.47 Å². The molecule has 2 unspecified atom stereocenters. The lowest BCUT2D eigenvalue weighted by atomic mass is 9.31. The van der Waals surface area contributed by atoms with Gasteiger partial charge < -0.3 is 18.6 Å². The Morgan fingerprint density at radius 2 is 0.679 bits per heavy atom. The number of rotatable bonds is 8. The number of hydrogen-bond donors (Lipinski definition) is 0. The second-order valence-electron chi connectivity index (χ2n) is 25.0. The predicted octanol–water partition coefficient (Wildman–Crippen LogP) is 16.7. The topological polar surface area (TPSA) is 28.3 Å². The molecule has 84 heavy (non-hydrogen) atoms. The van der Waals surface area contributed by atoms with Crippen LogP contribution in [0.5, 0.6) is 23.0 Å². The van der Waals surface area contributed by atoms with Crippen molar-refractivity contribution in [2.24, 2.45) is 0 Å². The van der Waals surface area contributed by atoms with Crippen molar-refractivity contribution in [1.82, 2.24) is 9.13 Å². The molecule has 402 valence electrons. The van der Waals surface area contributed by atoms with Gasteiger partial charge >= 0.3 is 0 Å². The largest absolute Gasteiger partial charge is 0.456 e. The number of aromatic nitrogens is 2. The van der Waals surface area contributed by atoms with E-state index in [1.54, 1.807) is 0 Å². The minimum absolute atomic E-state index is 0.197. The zero-order valence-corrected chi connectivity index (χ0v) is 48.9. The summed E-state index contributed by atoms with van der Waals surface area (Å²) in [7, 11) is 0. The zero-order chi connectivity index (χ0) is 56.5. The summed E-state index contributed by atoms with van der Waals surface area (Å²) < 4.78 is 21.1. The van der Waals surface area contributed by atoms with E-state index < -0.39 is 0 Å². The first-order chi connectivity index (χ1) is 41.0. The first-order valence-electron chi connectivity index (χ1n) is 30.4. The molecule has 0 radical (unpaired) electrons. The maximum absolute atomic E-state index is 7.93. The molecular formula is C78H62B2N2O2. The van der Waals surface area contributed by atoms with E-state index in [-0.39, 0.29) is 13.4 Å². The fourth-order valence-corrected chi connectivity index (χ4v) is 14.9. The van der Waals surface area contributed by atoms with Gasteiger partial charge in [-0.1, -0.05) is 196 Å². The minimum Gasteiger partial charge on any atom is -0.456 e. The molecule has 0 saturated heterocycles. The van der Waals surface area contributed by atoms with E-state index in [1.165, 1.54) is 132 Å². The summed E-state index contributed by atoms with van der Waals surface area (Å²) in [6, 6.07) is 74.6. The van der Waals surface area contributed by atoms with Crippen molar-refractivity contribution in [3.63, 3.8) is 0 Å². The monoisotopic (exact) mass is 1080 g/mol. The molecule has 0 aliphatic carbocycles. The zero-order valence-electron chi connectivity index (χ0n) is 48.9. The highest BCUT2D eigenvalue weighted by atomic mass is 16.5. The van der Waals surface area contributed by atoms with Gasteiger partial charge in [-0.3, -0.25) is 0 Å². The van der Waals surface area contributed by atoms with Gasteiger partial charge in [-0.15, -0.1) is 0 Å². The highest BCUT2D eigenvalue weighted by Crippen LogP contribution is 2.50. The van der Waals surface area contributed by atoms with Crippen LogP contribution >= 0.6 is 0 Å². The molecule has 4 nitrogen and oxygen atoms in total. The second kappa shape index (κ2) is 18.1. The highest BCUT2D eigenvalue weighted by Gasteiger charge is 2.51. The van der Waals surface area contributed by atoms with Crippen molar-refractivity contribution >= 4 is 89.8 Å². The van der Waals surface area contributed by atoms with Crippen molar-refractivity contribution in [3.8, 4) is 78.9 Å². The summed E-state index contributed by atoms with van der Waals surface area (Å²) in [4.78, 5) is 0. The molecule has 17 rings (SSSR count). The normalized spacial score (nSPS) is 13.9. The lowest BCUT2D eigenvalue weighted by molar-refractivity contribution is 0.472. The maximum atomic E-state index is 7.93. The number of nitrogens with zero attached hydrogens (tertiary/aromatic N) is 2. The molecule has 0 N–H and O–H groups in total. The van der Waals surface area contributed by atoms with Gasteiger partial charge in [0.05, 0.1) is 22.4 Å². The molecule has 0 amide bonds. The van der Waals surface area contributed by atoms with Crippen LogP contribution in [0.15, 0.2) is 194 Å². The SMILES string of the molecule is CCC(C)c1ccc2c(c1)B1c3c(c4c5c(c3-n3c6ccc(-c7ccc(C)cc7)cc6c6cc(-c7ccc(C)cc7)cc1c63)Oc1ccc(C(C)CC)cc1B5c1cc(-c3ccc(C)cc3)cc3c5cc(-c6ccc(C)cc6)ccc5n-4c13)O2. The second-order valence-corrected chi connectivity index (χ2v) is 25.0. The fraction of sp³-hybridized carbons (Fsp3) is 0.154. The van der Waals surface area contributed by atoms with Gasteiger partial charge in [0.25, 0.3) is 13.4 Å².